The fraction of sp³-hybridized carbons (Fsp3) is 0.500. The largest absolute Gasteiger partial charge is 0.356 e. The zero-order valence-electron chi connectivity index (χ0n) is 10.6. The Morgan fingerprint density at radius 1 is 1.39 bits per heavy atom. The van der Waals surface area contributed by atoms with Gasteiger partial charge in [-0.15, -0.1) is 11.6 Å². The van der Waals surface area contributed by atoms with Gasteiger partial charge in [-0.3, -0.25) is 4.79 Å². The summed E-state index contributed by atoms with van der Waals surface area (Å²) in [5.74, 6) is 1.10. The van der Waals surface area contributed by atoms with E-state index in [0.29, 0.717) is 29.8 Å². The van der Waals surface area contributed by atoms with Gasteiger partial charge in [0.2, 0.25) is 5.91 Å². The zero-order valence-corrected chi connectivity index (χ0v) is 12.1. The van der Waals surface area contributed by atoms with Crippen molar-refractivity contribution in [1.29, 1.82) is 0 Å². The number of amides is 1. The van der Waals surface area contributed by atoms with Gasteiger partial charge in [0.05, 0.1) is 6.42 Å². The molecule has 0 radical (unpaired) electrons. The Kier molecular flexibility index (Phi) is 7.14. The highest BCUT2D eigenvalue weighted by Gasteiger charge is 2.09. The molecule has 1 aromatic carbocycles. The molecule has 0 aliphatic rings. The van der Waals surface area contributed by atoms with Crippen molar-refractivity contribution in [3.05, 3.63) is 34.9 Å². The average Bonchev–Trinajstić information content (AvgIpc) is 2.37. The molecular weight excluding hydrogens is 269 g/mol. The molecule has 0 saturated carbocycles. The molecule has 0 bridgehead atoms. The third-order valence-electron chi connectivity index (χ3n) is 2.99. The van der Waals surface area contributed by atoms with E-state index in [4.69, 9.17) is 23.2 Å². The Balaban J connectivity index is 2.40. The number of alkyl halides is 1. The van der Waals surface area contributed by atoms with E-state index < -0.39 is 0 Å². The van der Waals surface area contributed by atoms with Gasteiger partial charge >= 0.3 is 0 Å². The standard InChI is InChI=1S/C14H19Cl2NO/c1-2-11(7-8-15)10-17-14(18)9-12-5-3-4-6-13(12)16/h3-6,11H,2,7-10H2,1H3,(H,17,18). The van der Waals surface area contributed by atoms with Crippen molar-refractivity contribution < 1.29 is 4.79 Å². The lowest BCUT2D eigenvalue weighted by Gasteiger charge is -2.14. The minimum absolute atomic E-state index is 0.0103. The summed E-state index contributed by atoms with van der Waals surface area (Å²) in [5.41, 5.74) is 0.863. The highest BCUT2D eigenvalue weighted by Crippen LogP contribution is 2.15. The highest BCUT2D eigenvalue weighted by molar-refractivity contribution is 6.31. The number of carbonyl (C=O) groups is 1. The number of halogens is 2. The molecule has 0 heterocycles. The SMILES string of the molecule is CCC(CCCl)CNC(=O)Cc1ccccc1Cl. The summed E-state index contributed by atoms with van der Waals surface area (Å²) in [6, 6.07) is 7.42. The molecule has 1 aromatic rings. The fourth-order valence-corrected chi connectivity index (χ4v) is 2.25. The Morgan fingerprint density at radius 2 is 2.11 bits per heavy atom. The van der Waals surface area contributed by atoms with Crippen LogP contribution in [0.1, 0.15) is 25.3 Å². The third-order valence-corrected chi connectivity index (χ3v) is 3.58. The van der Waals surface area contributed by atoms with Crippen molar-refractivity contribution in [3.8, 4) is 0 Å². The Labute approximate surface area is 119 Å². The number of carbonyl (C=O) groups excluding carboxylic acids is 1. The van der Waals surface area contributed by atoms with Crippen molar-refractivity contribution in [2.75, 3.05) is 12.4 Å². The van der Waals surface area contributed by atoms with Crippen LogP contribution in [-0.4, -0.2) is 18.3 Å². The molecule has 100 valence electrons. The summed E-state index contributed by atoms with van der Waals surface area (Å²) < 4.78 is 0. The zero-order chi connectivity index (χ0) is 13.4. The van der Waals surface area contributed by atoms with Crippen molar-refractivity contribution >= 4 is 29.1 Å². The van der Waals surface area contributed by atoms with Gasteiger partial charge in [0, 0.05) is 17.4 Å². The van der Waals surface area contributed by atoms with E-state index in [0.717, 1.165) is 18.4 Å². The second kappa shape index (κ2) is 8.39. The summed E-state index contributed by atoms with van der Waals surface area (Å²) in [4.78, 5) is 11.8. The lowest BCUT2D eigenvalue weighted by atomic mass is 10.0. The Morgan fingerprint density at radius 3 is 2.72 bits per heavy atom. The maximum atomic E-state index is 11.8. The third kappa shape index (κ3) is 5.28. The van der Waals surface area contributed by atoms with E-state index in [1.165, 1.54) is 0 Å². The summed E-state index contributed by atoms with van der Waals surface area (Å²) in [6.45, 7) is 2.80. The van der Waals surface area contributed by atoms with Gasteiger partial charge in [-0.1, -0.05) is 43.1 Å². The molecule has 0 spiro atoms. The molecule has 4 heteroatoms. The molecule has 0 fully saturated rings. The van der Waals surface area contributed by atoms with E-state index in [1.54, 1.807) is 6.07 Å². The van der Waals surface area contributed by atoms with E-state index in [-0.39, 0.29) is 5.91 Å². The monoisotopic (exact) mass is 287 g/mol. The van der Waals surface area contributed by atoms with Crippen LogP contribution in [-0.2, 0) is 11.2 Å². The van der Waals surface area contributed by atoms with Crippen LogP contribution in [0, 0.1) is 5.92 Å². The molecule has 18 heavy (non-hydrogen) atoms. The van der Waals surface area contributed by atoms with Gasteiger partial charge in [-0.25, -0.2) is 0 Å². The van der Waals surface area contributed by atoms with E-state index in [1.807, 2.05) is 18.2 Å². The maximum absolute atomic E-state index is 11.8. The Bertz CT molecular complexity index is 382. The van der Waals surface area contributed by atoms with Crippen LogP contribution in [0.15, 0.2) is 24.3 Å². The van der Waals surface area contributed by atoms with E-state index >= 15 is 0 Å². The minimum Gasteiger partial charge on any atom is -0.356 e. The summed E-state index contributed by atoms with van der Waals surface area (Å²) in [7, 11) is 0. The fourth-order valence-electron chi connectivity index (χ4n) is 1.74. The highest BCUT2D eigenvalue weighted by atomic mass is 35.5. The summed E-state index contributed by atoms with van der Waals surface area (Å²) >= 11 is 11.7. The van der Waals surface area contributed by atoms with Crippen molar-refractivity contribution in [1.82, 2.24) is 5.32 Å². The first-order chi connectivity index (χ1) is 8.67. The van der Waals surface area contributed by atoms with Crippen molar-refractivity contribution in [3.63, 3.8) is 0 Å². The second-order valence-corrected chi connectivity index (χ2v) is 5.11. The number of benzene rings is 1. The molecule has 1 atom stereocenters. The number of nitrogens with one attached hydrogen (secondary N) is 1. The normalized spacial score (nSPS) is 12.2. The maximum Gasteiger partial charge on any atom is 0.224 e. The molecular formula is C14H19Cl2NO. The molecule has 1 N–H and O–H groups in total. The van der Waals surface area contributed by atoms with Crippen LogP contribution in [0.2, 0.25) is 5.02 Å². The Hall–Kier alpha value is -0.730. The number of rotatable bonds is 7. The predicted octanol–water partition coefficient (Wildman–Crippen LogP) is 3.65. The van der Waals surface area contributed by atoms with Crippen LogP contribution < -0.4 is 5.32 Å². The first-order valence-corrected chi connectivity index (χ1v) is 7.14. The summed E-state index contributed by atoms with van der Waals surface area (Å²) in [5, 5.41) is 3.58. The van der Waals surface area contributed by atoms with Crippen LogP contribution >= 0.6 is 23.2 Å². The van der Waals surface area contributed by atoms with Gasteiger partial charge in [0.15, 0.2) is 0 Å². The molecule has 0 saturated heterocycles. The molecule has 2 nitrogen and oxygen atoms in total. The molecule has 0 aliphatic heterocycles. The number of hydrogen-bond acceptors (Lipinski definition) is 1. The van der Waals surface area contributed by atoms with Gasteiger partial charge in [-0.05, 0) is 24.0 Å². The first kappa shape index (κ1) is 15.3. The van der Waals surface area contributed by atoms with E-state index in [2.05, 4.69) is 12.2 Å². The van der Waals surface area contributed by atoms with Crippen molar-refractivity contribution in [2.45, 2.75) is 26.2 Å². The predicted molar refractivity (Wildman–Crippen MR) is 77.3 cm³/mol. The number of hydrogen-bond donors (Lipinski definition) is 1. The van der Waals surface area contributed by atoms with Gasteiger partial charge in [0.25, 0.3) is 0 Å². The average molecular weight is 288 g/mol. The smallest absolute Gasteiger partial charge is 0.224 e. The van der Waals surface area contributed by atoms with Crippen LogP contribution in [0.5, 0.6) is 0 Å². The van der Waals surface area contributed by atoms with Gasteiger partial charge in [-0.2, -0.15) is 0 Å². The van der Waals surface area contributed by atoms with Crippen LogP contribution in [0.25, 0.3) is 0 Å². The lowest BCUT2D eigenvalue weighted by molar-refractivity contribution is -0.120. The van der Waals surface area contributed by atoms with Gasteiger partial charge in [0.1, 0.15) is 0 Å². The van der Waals surface area contributed by atoms with Crippen LogP contribution in [0.3, 0.4) is 0 Å². The minimum atomic E-state index is 0.0103. The van der Waals surface area contributed by atoms with Crippen molar-refractivity contribution in [2.24, 2.45) is 5.92 Å². The second-order valence-electron chi connectivity index (χ2n) is 4.32. The molecule has 1 rings (SSSR count). The molecule has 0 aliphatic carbocycles. The molecule has 1 unspecified atom stereocenters. The topological polar surface area (TPSA) is 29.1 Å². The quantitative estimate of drug-likeness (QED) is 0.762. The lowest BCUT2D eigenvalue weighted by Crippen LogP contribution is -2.30. The molecule has 1 amide bonds. The summed E-state index contributed by atoms with van der Waals surface area (Å²) in [6.07, 6.45) is 2.29. The van der Waals surface area contributed by atoms with Crippen LogP contribution in [0.4, 0.5) is 0 Å². The van der Waals surface area contributed by atoms with Gasteiger partial charge < -0.3 is 5.32 Å². The first-order valence-electron chi connectivity index (χ1n) is 6.23. The molecule has 0 aromatic heterocycles. The van der Waals surface area contributed by atoms with E-state index in [9.17, 15) is 4.79 Å².